The molecule has 4 aliphatic heterocycles. The molecule has 0 spiro atoms. The Morgan fingerprint density at radius 1 is 0.232 bits per heavy atom. The van der Waals surface area contributed by atoms with Crippen molar-refractivity contribution in [3.05, 3.63) is 351 Å². The van der Waals surface area contributed by atoms with Gasteiger partial charge in [-0.1, -0.05) is 337 Å². The summed E-state index contributed by atoms with van der Waals surface area (Å²) in [5.74, 6) is -0.534. The van der Waals surface area contributed by atoms with Gasteiger partial charge in [0.1, 0.15) is 5.75 Å². The largest absolute Gasteiger partial charge is 2.00 e. The van der Waals surface area contributed by atoms with Crippen LogP contribution in [-0.2, 0) is 77.5 Å². The number of nitrogens with one attached hydrogen (secondary N) is 2. The van der Waals surface area contributed by atoms with Crippen LogP contribution in [-0.4, -0.2) is 38.9 Å². The standard InChI is InChI=1S/C127H124N10O3.2Zn/c1-8-14-20-26-83-32-44-89(45-33-83)118-102-64-68-106(130-102)120(91-48-36-85(37-49-91)28-22-16-10-3)110-72-76-114(134-110)124(115-77-73-111(135-115)121(107-69-65-103(118)131-107)92-50-38-86(39-51-92)29-23-17-11-4)95-56-60-99(61-57-95)128-126(138)97-80-98(82-101(81-97)140-7)127(139)129-100-62-58-96(59-63-100)125-116-78-74-112(136-116)122(93-52-40-87(41-53-93)30-24-18-12-5)108-70-66-104(132-108)119(90-46-34-84(35-47-90)27-21-15-9-2)105-67-71-109(133-105)123(113-75-79-117(125)137-113)94-54-42-88(43-55-94)31-25-19-13-6;;/h32-82H,8-31H2,1-7H3,(H4-2,128,129,130,131,132,133,134,135,136,137,138,139);;/q-2;2*+2/p-2. The molecular weight excluding hydrogens is 1840 g/mol. The molecule has 13 nitrogen and oxygen atoms in total. The maximum atomic E-state index is 14.9. The molecule has 142 heavy (non-hydrogen) atoms. The van der Waals surface area contributed by atoms with Gasteiger partial charge in [-0.2, -0.15) is 0 Å². The average molecular weight is 1970 g/mol. The van der Waals surface area contributed by atoms with E-state index in [0.717, 1.165) is 281 Å². The molecule has 16 bridgehead atoms. The molecule has 9 aromatic carbocycles. The second-order valence-electron chi connectivity index (χ2n) is 37.7. The summed E-state index contributed by atoms with van der Waals surface area (Å²) in [4.78, 5) is 74.8. The van der Waals surface area contributed by atoms with Crippen LogP contribution in [0.1, 0.15) is 257 Å². The van der Waals surface area contributed by atoms with Crippen LogP contribution in [0.4, 0.5) is 11.4 Å². The molecule has 4 aliphatic rings. The monoisotopic (exact) mass is 1960 g/mol. The number of hydrogen-bond acceptors (Lipinski definition) is 7. The number of ether oxygens (including phenoxy) is 1. The van der Waals surface area contributed by atoms with Gasteiger partial charge < -0.3 is 35.3 Å². The van der Waals surface area contributed by atoms with Gasteiger partial charge in [0, 0.05) is 22.5 Å². The van der Waals surface area contributed by atoms with Crippen molar-refractivity contribution in [1.29, 1.82) is 0 Å². The summed E-state index contributed by atoms with van der Waals surface area (Å²) in [5, 5.41) is 6.33. The second kappa shape index (κ2) is 47.2. The van der Waals surface area contributed by atoms with Gasteiger partial charge in [-0.05, 0) is 291 Å². The summed E-state index contributed by atoms with van der Waals surface area (Å²) in [6.45, 7) is 13.5. The Morgan fingerprint density at radius 3 is 0.563 bits per heavy atom. The van der Waals surface area contributed by atoms with E-state index in [0.29, 0.717) is 17.1 Å². The number of amides is 2. The molecule has 0 unspecified atom stereocenters. The van der Waals surface area contributed by atoms with Crippen LogP contribution >= 0.6 is 0 Å². The van der Waals surface area contributed by atoms with E-state index in [1.54, 1.807) is 18.2 Å². The van der Waals surface area contributed by atoms with Gasteiger partial charge >= 0.3 is 39.0 Å². The van der Waals surface area contributed by atoms with Crippen molar-refractivity contribution in [3.63, 3.8) is 0 Å². The van der Waals surface area contributed by atoms with E-state index in [-0.39, 0.29) is 50.1 Å². The summed E-state index contributed by atoms with van der Waals surface area (Å²) >= 11 is 0. The Labute approximate surface area is 861 Å². The molecule has 15 aromatic rings. The van der Waals surface area contributed by atoms with Crippen LogP contribution < -0.4 is 35.3 Å². The van der Waals surface area contributed by atoms with E-state index >= 15 is 0 Å². The first-order valence-electron chi connectivity index (χ1n) is 51.1. The van der Waals surface area contributed by atoms with Crippen molar-refractivity contribution in [2.75, 3.05) is 17.7 Å². The molecule has 2 amide bonds. The molecular formula is C127H122N10O3Zn2. The molecule has 702 valence electrons. The van der Waals surface area contributed by atoms with Crippen molar-refractivity contribution in [2.45, 2.75) is 196 Å². The smallest absolute Gasteiger partial charge is 0.657 e. The van der Waals surface area contributed by atoms with Gasteiger partial charge in [0.05, 0.1) is 52.7 Å². The molecule has 0 fully saturated rings. The topological polar surface area (TPSA) is 175 Å². The Kier molecular flexibility index (Phi) is 33.1. The number of benzene rings is 9. The van der Waals surface area contributed by atoms with Crippen LogP contribution in [0.5, 0.6) is 5.75 Å². The minimum Gasteiger partial charge on any atom is -0.657 e. The predicted molar refractivity (Wildman–Crippen MR) is 585 cm³/mol. The number of unbranched alkanes of at least 4 members (excludes halogenated alkanes) is 12. The third kappa shape index (κ3) is 22.8. The zero-order valence-corrected chi connectivity index (χ0v) is 89.1. The number of carbonyl (C=O) groups excluding carboxylic acids is 2. The number of aromatic nitrogens is 8. The summed E-state index contributed by atoms with van der Waals surface area (Å²) in [6.07, 6.45) is 43.9. The Morgan fingerprint density at radius 2 is 0.401 bits per heavy atom. The summed E-state index contributed by atoms with van der Waals surface area (Å²) in [7, 11) is 1.53. The van der Waals surface area contributed by atoms with E-state index in [2.05, 4.69) is 295 Å². The first-order chi connectivity index (χ1) is 68.8. The fourth-order valence-corrected chi connectivity index (χ4v) is 19.9. The number of methoxy groups -OCH3 is 1. The molecule has 0 atom stereocenters. The fraction of sp³-hybridized carbons (Fsp3) is 0.244. The van der Waals surface area contributed by atoms with E-state index < -0.39 is 11.8 Å². The zero-order valence-electron chi connectivity index (χ0n) is 83.1. The number of nitrogens with zero attached hydrogens (tertiary/aromatic N) is 8. The summed E-state index contributed by atoms with van der Waals surface area (Å²) < 4.78 is 5.86. The fourth-order valence-electron chi connectivity index (χ4n) is 19.9. The van der Waals surface area contributed by atoms with Gasteiger partial charge in [0.2, 0.25) is 0 Å². The zero-order chi connectivity index (χ0) is 95.8. The van der Waals surface area contributed by atoms with Crippen molar-refractivity contribution in [3.8, 4) is 94.8 Å². The molecule has 2 N–H and O–H groups in total. The number of aryl methyl sites for hydroxylation is 6. The van der Waals surface area contributed by atoms with E-state index in [1.807, 2.05) is 48.5 Å². The molecule has 15 heteroatoms. The summed E-state index contributed by atoms with van der Waals surface area (Å²) in [6, 6.07) is 91.3. The average Bonchev–Trinajstić information content (AvgIpc) is 1.61. The maximum Gasteiger partial charge on any atom is 2.00 e. The van der Waals surface area contributed by atoms with Crippen LogP contribution in [0.2, 0.25) is 0 Å². The molecule has 0 saturated carbocycles. The Balaban J connectivity index is 0.00000693. The number of hydrogen-bond donors (Lipinski definition) is 2. The van der Waals surface area contributed by atoms with Gasteiger partial charge in [-0.15, -0.1) is 44.1 Å². The molecule has 19 rings (SSSR count). The van der Waals surface area contributed by atoms with Crippen molar-refractivity contribution >= 4 is 116 Å². The van der Waals surface area contributed by atoms with Gasteiger partial charge in [0.25, 0.3) is 11.8 Å². The Hall–Kier alpha value is -13.8. The second-order valence-corrected chi connectivity index (χ2v) is 37.7. The van der Waals surface area contributed by atoms with Crippen LogP contribution in [0.3, 0.4) is 0 Å². The SMILES string of the molecule is CCCCCc1ccc(-c2c3nc(c(-c4ccc(CCCCC)cc4)c4ccc([n-]4)c(-c4ccc(NC(=O)c5cc(OC)cc(C(=O)Nc6ccc(-c7c8nc(c(-c9ccc(CCCCC)cc9)c9ccc([n-]9)c(-c9ccc(CCCCC)cc9)c9nc(c(-c%10ccc(CCCCC)cc%10)c%10ccc7[n-]%10)C=C9)C=C8)cc6)c5)cc4)c4nc(c(-c5ccc(CCCCC)cc5)c5ccc2[n-]5)C=C4)C=C3)cc1.[Zn+2].[Zn+2]. The van der Waals surface area contributed by atoms with E-state index in [4.69, 9.17) is 44.6 Å². The first-order valence-corrected chi connectivity index (χ1v) is 51.1. The van der Waals surface area contributed by atoms with Gasteiger partial charge in [-0.3, -0.25) is 9.59 Å². The van der Waals surface area contributed by atoms with Crippen molar-refractivity contribution in [1.82, 2.24) is 39.9 Å². The minimum atomic E-state index is -0.436. The third-order valence-electron chi connectivity index (χ3n) is 27.6. The van der Waals surface area contributed by atoms with Crippen LogP contribution in [0.25, 0.3) is 182 Å². The number of rotatable bonds is 37. The van der Waals surface area contributed by atoms with E-state index in [1.165, 1.54) is 91.9 Å². The van der Waals surface area contributed by atoms with E-state index in [9.17, 15) is 9.59 Å². The molecule has 6 aromatic heterocycles. The molecule has 0 radical (unpaired) electrons. The van der Waals surface area contributed by atoms with Crippen LogP contribution in [0.15, 0.2) is 261 Å². The number of anilines is 2. The molecule has 0 aliphatic carbocycles. The van der Waals surface area contributed by atoms with Crippen molar-refractivity contribution < 1.29 is 53.3 Å². The first kappa shape index (κ1) is 99.7. The normalized spacial score (nSPS) is 11.9. The molecule has 10 heterocycles. The maximum absolute atomic E-state index is 14.9. The van der Waals surface area contributed by atoms with Crippen LogP contribution in [0, 0.1) is 0 Å². The molecule has 0 saturated heterocycles. The quantitative estimate of drug-likeness (QED) is 0.0280. The number of fused-ring (bicyclic) bond motifs is 16. The number of carbonyl (C=O) groups is 2. The van der Waals surface area contributed by atoms with Gasteiger partial charge in [-0.25, -0.2) is 19.9 Å². The Bertz CT molecular complexity index is 6980. The van der Waals surface area contributed by atoms with Crippen molar-refractivity contribution in [2.24, 2.45) is 0 Å². The third-order valence-corrected chi connectivity index (χ3v) is 27.6. The van der Waals surface area contributed by atoms with Gasteiger partial charge in [0.15, 0.2) is 0 Å². The minimum absolute atomic E-state index is 0. The predicted octanol–water partition coefficient (Wildman–Crippen LogP) is 32.4. The summed E-state index contributed by atoms with van der Waals surface area (Å²) in [5.41, 5.74) is 36.8.